The van der Waals surface area contributed by atoms with Crippen molar-refractivity contribution >= 4 is 10.0 Å². The smallest absolute Gasteiger partial charge is 0.215 e. The average molecular weight is 305 g/mol. The maximum atomic E-state index is 12.3. The lowest BCUT2D eigenvalue weighted by molar-refractivity contribution is 0.0290. The van der Waals surface area contributed by atoms with Gasteiger partial charge in [-0.1, -0.05) is 0 Å². The topological polar surface area (TPSA) is 61.9 Å². The summed E-state index contributed by atoms with van der Waals surface area (Å²) < 4.78 is 31.9. The van der Waals surface area contributed by atoms with Crippen molar-refractivity contribution < 1.29 is 13.2 Å². The Balaban J connectivity index is 1.75. The third-order valence-electron chi connectivity index (χ3n) is 4.07. The molecule has 6 nitrogen and oxygen atoms in total. The van der Waals surface area contributed by atoms with Gasteiger partial charge in [-0.05, 0) is 19.8 Å². The standard InChI is InChI=1S/C13H27N3O3S/c1-2-19-13-3-7-16(8-4-13)20(17,18)12-11-15-9-5-14-6-10-15/h13-14H,2-12H2,1H3. The zero-order chi connectivity index (χ0) is 14.4. The van der Waals surface area contributed by atoms with Crippen molar-refractivity contribution in [2.45, 2.75) is 25.9 Å². The maximum Gasteiger partial charge on any atom is 0.215 e. The highest BCUT2D eigenvalue weighted by molar-refractivity contribution is 7.89. The highest BCUT2D eigenvalue weighted by Gasteiger charge is 2.28. The van der Waals surface area contributed by atoms with Crippen LogP contribution in [0, 0.1) is 0 Å². The van der Waals surface area contributed by atoms with E-state index in [9.17, 15) is 8.42 Å². The lowest BCUT2D eigenvalue weighted by Crippen LogP contribution is -2.47. The number of hydrogen-bond acceptors (Lipinski definition) is 5. The Morgan fingerprint density at radius 3 is 2.40 bits per heavy atom. The molecule has 0 atom stereocenters. The third kappa shape index (κ3) is 4.66. The number of nitrogens with zero attached hydrogens (tertiary/aromatic N) is 2. The predicted molar refractivity (Wildman–Crippen MR) is 79.3 cm³/mol. The molecule has 1 N–H and O–H groups in total. The van der Waals surface area contributed by atoms with Crippen LogP contribution in [0.4, 0.5) is 0 Å². The van der Waals surface area contributed by atoms with Gasteiger partial charge in [0.15, 0.2) is 0 Å². The van der Waals surface area contributed by atoms with Gasteiger partial charge in [-0.3, -0.25) is 4.90 Å². The zero-order valence-electron chi connectivity index (χ0n) is 12.4. The van der Waals surface area contributed by atoms with Crippen molar-refractivity contribution in [2.24, 2.45) is 0 Å². The maximum absolute atomic E-state index is 12.3. The van der Waals surface area contributed by atoms with Gasteiger partial charge in [0.25, 0.3) is 0 Å². The first-order valence-corrected chi connectivity index (χ1v) is 9.25. The van der Waals surface area contributed by atoms with Crippen molar-refractivity contribution in [2.75, 3.05) is 58.2 Å². The van der Waals surface area contributed by atoms with E-state index in [0.717, 1.165) is 39.0 Å². The summed E-state index contributed by atoms with van der Waals surface area (Å²) in [5.74, 6) is 0.242. The summed E-state index contributed by atoms with van der Waals surface area (Å²) in [5, 5.41) is 3.28. The van der Waals surface area contributed by atoms with Crippen LogP contribution in [-0.2, 0) is 14.8 Å². The molecule has 0 radical (unpaired) electrons. The van der Waals surface area contributed by atoms with E-state index in [2.05, 4.69) is 10.2 Å². The molecule has 2 aliphatic rings. The number of nitrogens with one attached hydrogen (secondary N) is 1. The normalized spacial score (nSPS) is 24.1. The van der Waals surface area contributed by atoms with Crippen LogP contribution in [0.1, 0.15) is 19.8 Å². The molecule has 2 aliphatic heterocycles. The Morgan fingerprint density at radius 1 is 1.15 bits per heavy atom. The average Bonchev–Trinajstić information content (AvgIpc) is 2.47. The van der Waals surface area contributed by atoms with Gasteiger partial charge >= 0.3 is 0 Å². The number of piperidine rings is 1. The largest absolute Gasteiger partial charge is 0.378 e. The fraction of sp³-hybridized carbons (Fsp3) is 1.00. The van der Waals surface area contributed by atoms with Gasteiger partial charge in [0, 0.05) is 52.4 Å². The van der Waals surface area contributed by atoms with Gasteiger partial charge in [0.2, 0.25) is 10.0 Å². The molecule has 0 aromatic rings. The molecule has 0 saturated carbocycles. The van der Waals surface area contributed by atoms with Crippen molar-refractivity contribution in [3.8, 4) is 0 Å². The van der Waals surface area contributed by atoms with Gasteiger partial charge in [-0.15, -0.1) is 0 Å². The van der Waals surface area contributed by atoms with Crippen molar-refractivity contribution in [1.29, 1.82) is 0 Å². The van der Waals surface area contributed by atoms with Crippen LogP contribution in [0.15, 0.2) is 0 Å². The highest BCUT2D eigenvalue weighted by atomic mass is 32.2. The summed E-state index contributed by atoms with van der Waals surface area (Å²) in [6.45, 7) is 8.36. The molecule has 0 spiro atoms. The second-order valence-corrected chi connectivity index (χ2v) is 7.55. The van der Waals surface area contributed by atoms with E-state index in [0.29, 0.717) is 26.2 Å². The van der Waals surface area contributed by atoms with Crippen LogP contribution in [0.3, 0.4) is 0 Å². The quantitative estimate of drug-likeness (QED) is 0.731. The molecule has 7 heteroatoms. The molecule has 0 aromatic carbocycles. The number of hydrogen-bond donors (Lipinski definition) is 1. The highest BCUT2D eigenvalue weighted by Crippen LogP contribution is 2.17. The van der Waals surface area contributed by atoms with Crippen LogP contribution in [0.5, 0.6) is 0 Å². The molecule has 2 fully saturated rings. The Labute approximate surface area is 122 Å². The Kier molecular flexibility index (Phi) is 6.22. The molecule has 118 valence electrons. The molecular formula is C13H27N3O3S. The van der Waals surface area contributed by atoms with Gasteiger partial charge in [0.1, 0.15) is 0 Å². The second kappa shape index (κ2) is 7.70. The van der Waals surface area contributed by atoms with Crippen LogP contribution >= 0.6 is 0 Å². The molecule has 20 heavy (non-hydrogen) atoms. The van der Waals surface area contributed by atoms with Crippen LogP contribution in [-0.4, -0.2) is 81.9 Å². The lowest BCUT2D eigenvalue weighted by Gasteiger charge is -2.32. The van der Waals surface area contributed by atoms with E-state index in [-0.39, 0.29) is 11.9 Å². The van der Waals surface area contributed by atoms with Gasteiger partial charge < -0.3 is 10.1 Å². The first-order valence-electron chi connectivity index (χ1n) is 7.64. The van der Waals surface area contributed by atoms with Crippen molar-refractivity contribution in [3.63, 3.8) is 0 Å². The fourth-order valence-electron chi connectivity index (χ4n) is 2.82. The molecular weight excluding hydrogens is 278 g/mol. The Bertz CT molecular complexity index is 374. The van der Waals surface area contributed by atoms with E-state index < -0.39 is 10.0 Å². The number of rotatable bonds is 6. The van der Waals surface area contributed by atoms with Crippen LogP contribution in [0.2, 0.25) is 0 Å². The summed E-state index contributed by atoms with van der Waals surface area (Å²) in [6, 6.07) is 0. The lowest BCUT2D eigenvalue weighted by atomic mass is 10.1. The number of ether oxygens (including phenoxy) is 1. The summed E-state index contributed by atoms with van der Waals surface area (Å²) in [7, 11) is -3.11. The van der Waals surface area contributed by atoms with Crippen LogP contribution in [0.25, 0.3) is 0 Å². The minimum Gasteiger partial charge on any atom is -0.378 e. The molecule has 2 rings (SSSR count). The molecule has 2 saturated heterocycles. The van der Waals surface area contributed by atoms with Crippen molar-refractivity contribution in [1.82, 2.24) is 14.5 Å². The summed E-state index contributed by atoms with van der Waals surface area (Å²) in [6.07, 6.45) is 1.88. The van der Waals surface area contributed by atoms with Gasteiger partial charge in [-0.25, -0.2) is 12.7 Å². The molecule has 0 aromatic heterocycles. The molecule has 0 aliphatic carbocycles. The Hall–Kier alpha value is -0.210. The zero-order valence-corrected chi connectivity index (χ0v) is 13.2. The fourth-order valence-corrected chi connectivity index (χ4v) is 4.34. The number of piperazine rings is 1. The van der Waals surface area contributed by atoms with Gasteiger partial charge in [0.05, 0.1) is 11.9 Å². The van der Waals surface area contributed by atoms with Crippen LogP contribution < -0.4 is 5.32 Å². The first kappa shape index (κ1) is 16.2. The second-order valence-electron chi connectivity index (χ2n) is 5.46. The van der Waals surface area contributed by atoms with E-state index >= 15 is 0 Å². The monoisotopic (exact) mass is 305 g/mol. The van der Waals surface area contributed by atoms with Gasteiger partial charge in [-0.2, -0.15) is 0 Å². The third-order valence-corrected chi connectivity index (χ3v) is 5.92. The predicted octanol–water partition coefficient (Wildman–Crippen LogP) is -0.278. The van der Waals surface area contributed by atoms with E-state index in [1.165, 1.54) is 0 Å². The first-order chi connectivity index (χ1) is 9.62. The molecule has 0 bridgehead atoms. The van der Waals surface area contributed by atoms with E-state index in [1.807, 2.05) is 6.92 Å². The number of sulfonamides is 1. The summed E-state index contributed by atoms with van der Waals surface area (Å²) in [4.78, 5) is 2.22. The Morgan fingerprint density at radius 2 is 1.80 bits per heavy atom. The minimum atomic E-state index is -3.11. The molecule has 0 unspecified atom stereocenters. The van der Waals surface area contributed by atoms with E-state index in [4.69, 9.17) is 4.74 Å². The SMILES string of the molecule is CCOC1CCN(S(=O)(=O)CCN2CCNCC2)CC1. The minimum absolute atomic E-state index is 0.236. The van der Waals surface area contributed by atoms with E-state index in [1.54, 1.807) is 4.31 Å². The molecule has 0 amide bonds. The van der Waals surface area contributed by atoms with Crippen molar-refractivity contribution in [3.05, 3.63) is 0 Å². The summed E-state index contributed by atoms with van der Waals surface area (Å²) >= 11 is 0. The molecule has 2 heterocycles. The summed E-state index contributed by atoms with van der Waals surface area (Å²) in [5.41, 5.74) is 0.